The first-order valence-corrected chi connectivity index (χ1v) is 28.8. The van der Waals surface area contributed by atoms with Crippen molar-refractivity contribution in [2.45, 2.75) is 230 Å². The average Bonchev–Trinajstić information content (AvgIpc) is 4.00. The van der Waals surface area contributed by atoms with Gasteiger partial charge < -0.3 is 54.5 Å². The van der Waals surface area contributed by atoms with Gasteiger partial charge in [-0.25, -0.2) is 9.36 Å². The van der Waals surface area contributed by atoms with Crippen LogP contribution in [0.15, 0.2) is 21.9 Å². The Balaban J connectivity index is 1.01. The molecule has 22 nitrogen and oxygen atoms in total. The number of rotatable bonds is 34. The second kappa shape index (κ2) is 31.3. The van der Waals surface area contributed by atoms with Gasteiger partial charge in [-0.1, -0.05) is 32.1 Å². The number of unbranched alkanes of at least 4 members (excludes halogenated alkanes) is 7. The van der Waals surface area contributed by atoms with Gasteiger partial charge in [-0.15, -0.1) is 0 Å². The third-order valence-electron chi connectivity index (χ3n) is 13.7. The summed E-state index contributed by atoms with van der Waals surface area (Å²) in [6.07, 6.45) is 6.84. The lowest BCUT2D eigenvalue weighted by Gasteiger charge is -2.29. The molecule has 0 radical (unpaired) electrons. The molecule has 3 fully saturated rings. The molecule has 7 N–H and O–H groups in total. The molecule has 0 saturated carbocycles. The number of hydrogen-bond acceptors (Lipinski definition) is 17. The normalized spacial score (nSPS) is 25.3. The van der Waals surface area contributed by atoms with Crippen LogP contribution in [0.2, 0.25) is 0 Å². The van der Waals surface area contributed by atoms with Gasteiger partial charge in [0.15, 0.2) is 6.23 Å². The fourth-order valence-electron chi connectivity index (χ4n) is 9.43. The molecule has 3 aliphatic rings. The second-order valence-electron chi connectivity index (χ2n) is 22.5. The smallest absolute Gasteiger partial charge is 0.396 e. The molecule has 3 saturated heterocycles. The SMILES string of the molecule is C[C@@H]1O[C@H](COP(=O)(O)OCC(CO)CCCCCC(=O)CCCCC(=O)N2CCCC2CC(=O)CCCCCCCNC(=O)/C=C/c2cn([C@@H]3O[C@H](COC(C)(C)C)C(O)[C@@H]3O)c(=O)[nH]c2=O)C(OC(C)(C)C)[C@@H]1O. The van der Waals surface area contributed by atoms with Crippen molar-refractivity contribution in [1.29, 1.82) is 0 Å². The summed E-state index contributed by atoms with van der Waals surface area (Å²) in [5.74, 6) is -0.581. The van der Waals surface area contributed by atoms with Gasteiger partial charge >= 0.3 is 13.5 Å². The van der Waals surface area contributed by atoms with E-state index in [1.165, 1.54) is 12.2 Å². The Labute approximate surface area is 447 Å². The van der Waals surface area contributed by atoms with E-state index in [0.717, 1.165) is 55.7 Å². The van der Waals surface area contributed by atoms with Gasteiger partial charge in [-0.2, -0.15) is 0 Å². The summed E-state index contributed by atoms with van der Waals surface area (Å²) in [5.41, 5.74) is -2.74. The first-order valence-electron chi connectivity index (χ1n) is 27.3. The molecule has 434 valence electrons. The standard InChI is InChI=1S/C53H89N4O18P/c1-35-45(63)48(75-53(5,6)7)42(73-35)34-72-76(68,69)71-32-36(31-58)19-12-11-14-21-39(59)22-15-16-24-44(62)56-28-18-20-38(56)29-40(60)23-13-9-8-10-17-27-54-43(61)26-25-37-30-57(51(67)55-49(37)66)50-47(65)46(64)41(74-50)33-70-52(2,3)4/h25-26,30,35-36,38,41-42,45-48,50,58,63-65H,8-24,27-29,31-34H2,1-7H3,(H,54,61)(H,68,69)(H,55,66,67)/b26-25+/t35-,36?,38?,41+,42+,45+,46?,47-,48?,50+/m0/s1. The third-order valence-corrected chi connectivity index (χ3v) is 14.6. The predicted molar refractivity (Wildman–Crippen MR) is 281 cm³/mol. The van der Waals surface area contributed by atoms with E-state index in [-0.39, 0.29) is 55.5 Å². The number of aromatic nitrogens is 2. The minimum Gasteiger partial charge on any atom is -0.396 e. The van der Waals surface area contributed by atoms with Crippen LogP contribution in [0, 0.1) is 5.92 Å². The highest BCUT2D eigenvalue weighted by Crippen LogP contribution is 2.45. The van der Waals surface area contributed by atoms with Crippen molar-refractivity contribution >= 4 is 37.3 Å². The largest absolute Gasteiger partial charge is 0.472 e. The number of aliphatic hydroxyl groups is 4. The molecule has 76 heavy (non-hydrogen) atoms. The summed E-state index contributed by atoms with van der Waals surface area (Å²) >= 11 is 0. The molecule has 0 spiro atoms. The Kier molecular flexibility index (Phi) is 26.8. The predicted octanol–water partition coefficient (Wildman–Crippen LogP) is 4.55. The number of Topliss-reactive ketones (excluding diaryl/α,β-unsaturated/α-hetero) is 2. The van der Waals surface area contributed by atoms with E-state index >= 15 is 0 Å². The molecule has 4 rings (SSSR count). The summed E-state index contributed by atoms with van der Waals surface area (Å²) in [6, 6.07) is -0.101. The van der Waals surface area contributed by atoms with Crippen molar-refractivity contribution in [2.24, 2.45) is 5.92 Å². The number of phosphoric acid groups is 1. The maximum Gasteiger partial charge on any atom is 0.472 e. The molecule has 1 aromatic heterocycles. The molecule has 3 aliphatic heterocycles. The number of likely N-dealkylation sites (tertiary alicyclic amines) is 1. The zero-order valence-corrected chi connectivity index (χ0v) is 46.8. The molecular weight excluding hydrogens is 1010 g/mol. The molecule has 5 unspecified atom stereocenters. The minimum atomic E-state index is -4.49. The van der Waals surface area contributed by atoms with Crippen molar-refractivity contribution in [3.05, 3.63) is 38.7 Å². The van der Waals surface area contributed by atoms with Crippen molar-refractivity contribution in [1.82, 2.24) is 19.8 Å². The number of hydrogen-bond donors (Lipinski definition) is 7. The third kappa shape index (κ3) is 22.7. The van der Waals surface area contributed by atoms with Crippen molar-refractivity contribution in [3.63, 3.8) is 0 Å². The number of nitrogens with one attached hydrogen (secondary N) is 2. The van der Waals surface area contributed by atoms with Crippen LogP contribution in [0.5, 0.6) is 0 Å². The minimum absolute atomic E-state index is 0.0151. The van der Waals surface area contributed by atoms with E-state index in [2.05, 4.69) is 10.3 Å². The lowest BCUT2D eigenvalue weighted by molar-refractivity contribution is -0.133. The highest BCUT2D eigenvalue weighted by molar-refractivity contribution is 7.47. The van der Waals surface area contributed by atoms with Crippen molar-refractivity contribution < 1.29 is 77.1 Å². The summed E-state index contributed by atoms with van der Waals surface area (Å²) in [7, 11) is -4.49. The molecule has 2 amide bonds. The van der Waals surface area contributed by atoms with Gasteiger partial charge in [0, 0.05) is 76.0 Å². The highest BCUT2D eigenvalue weighted by Gasteiger charge is 2.46. The molecule has 11 atom stereocenters. The summed E-state index contributed by atoms with van der Waals surface area (Å²) < 4.78 is 46.9. The van der Waals surface area contributed by atoms with Gasteiger partial charge in [0.05, 0.1) is 42.7 Å². The van der Waals surface area contributed by atoms with Crippen LogP contribution in [0.1, 0.15) is 176 Å². The molecule has 0 aliphatic carbocycles. The maximum absolute atomic E-state index is 13.1. The number of H-pyrrole nitrogens is 1. The van der Waals surface area contributed by atoms with Gasteiger partial charge in [-0.3, -0.25) is 42.6 Å². The lowest BCUT2D eigenvalue weighted by atomic mass is 10.0. The fourth-order valence-corrected chi connectivity index (χ4v) is 10.2. The summed E-state index contributed by atoms with van der Waals surface area (Å²) in [5, 5.41) is 44.2. The molecular formula is C53H89N4O18P. The Morgan fingerprint density at radius 2 is 1.47 bits per heavy atom. The van der Waals surface area contributed by atoms with Crippen LogP contribution in [-0.2, 0) is 51.7 Å². The number of amides is 2. The Morgan fingerprint density at radius 3 is 2.16 bits per heavy atom. The molecule has 0 bridgehead atoms. The number of aliphatic hydroxyl groups excluding tert-OH is 4. The zero-order chi connectivity index (χ0) is 56.2. The van der Waals surface area contributed by atoms with Gasteiger partial charge in [0.2, 0.25) is 11.8 Å². The monoisotopic (exact) mass is 1100 g/mol. The van der Waals surface area contributed by atoms with Gasteiger partial charge in [0.1, 0.15) is 48.2 Å². The van der Waals surface area contributed by atoms with Crippen molar-refractivity contribution in [3.8, 4) is 0 Å². The van der Waals surface area contributed by atoms with Crippen LogP contribution in [0.4, 0.5) is 0 Å². The number of ether oxygens (including phenoxy) is 4. The molecule has 0 aromatic carbocycles. The van der Waals surface area contributed by atoms with E-state index in [1.807, 2.05) is 46.4 Å². The van der Waals surface area contributed by atoms with Crippen LogP contribution >= 0.6 is 7.82 Å². The van der Waals surface area contributed by atoms with Crippen LogP contribution in [-0.4, -0.2) is 163 Å². The zero-order valence-electron chi connectivity index (χ0n) is 45.9. The lowest BCUT2D eigenvalue weighted by Crippen LogP contribution is -2.41. The highest BCUT2D eigenvalue weighted by atomic mass is 31.2. The van der Waals surface area contributed by atoms with Crippen LogP contribution in [0.3, 0.4) is 0 Å². The number of nitrogens with zero attached hydrogens (tertiary/aromatic N) is 2. The first-order chi connectivity index (χ1) is 35.8. The number of carbonyl (C=O) groups excluding carboxylic acids is 4. The van der Waals surface area contributed by atoms with E-state index in [0.29, 0.717) is 83.7 Å². The summed E-state index contributed by atoms with van der Waals surface area (Å²) in [6.45, 7) is 12.8. The van der Waals surface area contributed by atoms with Crippen molar-refractivity contribution in [2.75, 3.05) is 39.5 Å². The Bertz CT molecular complexity index is 2190. The van der Waals surface area contributed by atoms with Gasteiger partial charge in [0.25, 0.3) is 5.56 Å². The topological polar surface area (TPSA) is 312 Å². The Hall–Kier alpha value is -3.51. The number of phosphoric ester groups is 1. The molecule has 4 heterocycles. The second-order valence-corrected chi connectivity index (χ2v) is 24.0. The number of ketones is 2. The van der Waals surface area contributed by atoms with Crippen LogP contribution in [0.25, 0.3) is 6.08 Å². The van der Waals surface area contributed by atoms with E-state index in [4.69, 9.17) is 28.0 Å². The maximum atomic E-state index is 13.1. The number of carbonyl (C=O) groups is 4. The fraction of sp³-hybridized carbons (Fsp3) is 0.811. The Morgan fingerprint density at radius 1 is 0.829 bits per heavy atom. The average molecular weight is 1100 g/mol. The van der Waals surface area contributed by atoms with Gasteiger partial charge in [-0.05, 0) is 106 Å². The summed E-state index contributed by atoms with van der Waals surface area (Å²) in [4.78, 5) is 90.5. The van der Waals surface area contributed by atoms with E-state index in [1.54, 1.807) is 6.92 Å². The van der Waals surface area contributed by atoms with Crippen LogP contribution < -0.4 is 16.6 Å². The first kappa shape index (κ1) is 65.0. The molecule has 1 aromatic rings. The molecule has 23 heteroatoms. The van der Waals surface area contributed by atoms with E-state index < -0.39 is 91.1 Å². The quantitative estimate of drug-likeness (QED) is 0.0283. The number of aromatic amines is 1. The van der Waals surface area contributed by atoms with E-state index in [9.17, 15) is 58.7 Å².